The summed E-state index contributed by atoms with van der Waals surface area (Å²) in [6.07, 6.45) is 1.73. The van der Waals surface area contributed by atoms with Gasteiger partial charge in [0.1, 0.15) is 0 Å². The molecule has 0 radical (unpaired) electrons. The summed E-state index contributed by atoms with van der Waals surface area (Å²) in [5.41, 5.74) is 6.27. The van der Waals surface area contributed by atoms with Gasteiger partial charge in [-0.1, -0.05) is 36.4 Å². The van der Waals surface area contributed by atoms with Gasteiger partial charge in [0.25, 0.3) is 5.91 Å². The Morgan fingerprint density at radius 1 is 1.15 bits per heavy atom. The number of hydrogen-bond acceptors (Lipinski definition) is 4. The van der Waals surface area contributed by atoms with Gasteiger partial charge >= 0.3 is 5.97 Å². The average molecular weight is 287 g/mol. The number of rotatable bonds is 5. The zero-order valence-corrected chi connectivity index (χ0v) is 11.4. The third-order valence-corrected chi connectivity index (χ3v) is 3.37. The Balaban J connectivity index is 2.29. The largest absolute Gasteiger partial charge is 0.452 e. The predicted octanol–water partition coefficient (Wildman–Crippen LogP) is 2.32. The number of nitrogens with two attached hydrogens (primary N) is 1. The number of benzene rings is 1. The Kier molecular flexibility index (Phi) is 4.68. The van der Waals surface area contributed by atoms with Crippen LogP contribution in [0.15, 0.2) is 47.8 Å². The van der Waals surface area contributed by atoms with E-state index in [9.17, 15) is 9.59 Å². The Hall–Kier alpha value is -2.40. The van der Waals surface area contributed by atoms with Gasteiger partial charge < -0.3 is 10.5 Å². The van der Waals surface area contributed by atoms with Gasteiger partial charge in [-0.2, -0.15) is 0 Å². The number of hydrogen-bond donors (Lipinski definition) is 1. The van der Waals surface area contributed by atoms with Crippen LogP contribution in [0.5, 0.6) is 0 Å². The van der Waals surface area contributed by atoms with Crippen molar-refractivity contribution in [3.05, 3.63) is 58.3 Å². The molecule has 2 rings (SSSR count). The lowest BCUT2D eigenvalue weighted by Crippen LogP contribution is -2.21. The van der Waals surface area contributed by atoms with Gasteiger partial charge in [-0.05, 0) is 23.1 Å². The summed E-state index contributed by atoms with van der Waals surface area (Å²) in [5, 5.41) is 1.87. The molecule has 4 nitrogen and oxygen atoms in total. The zero-order chi connectivity index (χ0) is 14.4. The van der Waals surface area contributed by atoms with Crippen molar-refractivity contribution in [2.45, 2.75) is 0 Å². The lowest BCUT2D eigenvalue weighted by atomic mass is 10.1. The second-order valence-corrected chi connectivity index (χ2v) is 4.94. The quantitative estimate of drug-likeness (QED) is 0.677. The number of esters is 1. The van der Waals surface area contributed by atoms with Gasteiger partial charge in [0.2, 0.25) is 0 Å². The minimum absolute atomic E-state index is 0.410. The maximum atomic E-state index is 12.1. The number of carbonyl (C=O) groups is 2. The third-order valence-electron chi connectivity index (χ3n) is 2.46. The molecule has 1 aromatic heterocycles. The molecular formula is C15H13NO3S. The van der Waals surface area contributed by atoms with Gasteiger partial charge in [0.05, 0.1) is 5.57 Å². The molecule has 0 spiro atoms. The first kappa shape index (κ1) is 14.0. The van der Waals surface area contributed by atoms with Gasteiger partial charge in [0.15, 0.2) is 6.61 Å². The first-order valence-corrected chi connectivity index (χ1v) is 6.81. The number of amides is 1. The molecule has 0 aliphatic rings. The Morgan fingerprint density at radius 2 is 1.90 bits per heavy atom. The van der Waals surface area contributed by atoms with Gasteiger partial charge in [-0.3, -0.25) is 4.79 Å². The van der Waals surface area contributed by atoms with Gasteiger partial charge in [0, 0.05) is 4.88 Å². The second-order valence-electron chi connectivity index (χ2n) is 3.99. The van der Waals surface area contributed by atoms with Crippen molar-refractivity contribution >= 4 is 34.9 Å². The van der Waals surface area contributed by atoms with Crippen LogP contribution in [0.4, 0.5) is 0 Å². The van der Waals surface area contributed by atoms with E-state index >= 15 is 0 Å². The van der Waals surface area contributed by atoms with E-state index in [0.717, 1.165) is 10.4 Å². The molecule has 1 heterocycles. The maximum Gasteiger partial charge on any atom is 0.340 e. The maximum absolute atomic E-state index is 12.1. The van der Waals surface area contributed by atoms with Gasteiger partial charge in [-0.25, -0.2) is 4.79 Å². The molecule has 2 N–H and O–H groups in total. The summed E-state index contributed by atoms with van der Waals surface area (Å²) in [6.45, 7) is -0.420. The average Bonchev–Trinajstić information content (AvgIpc) is 2.97. The molecule has 20 heavy (non-hydrogen) atoms. The molecule has 0 saturated carbocycles. The summed E-state index contributed by atoms with van der Waals surface area (Å²) in [6, 6.07) is 13.1. The first-order chi connectivity index (χ1) is 9.66. The van der Waals surface area contributed by atoms with Crippen molar-refractivity contribution in [3.63, 3.8) is 0 Å². The Morgan fingerprint density at radius 3 is 2.50 bits per heavy atom. The SMILES string of the molecule is NC(=O)COC(=O)/C(=C/c1ccccc1)c1cccs1. The highest BCUT2D eigenvalue weighted by Crippen LogP contribution is 2.24. The lowest BCUT2D eigenvalue weighted by molar-refractivity contribution is -0.141. The van der Waals surface area contributed by atoms with Crippen molar-refractivity contribution in [1.82, 2.24) is 0 Å². The lowest BCUT2D eigenvalue weighted by Gasteiger charge is -2.05. The Labute approximate surface area is 120 Å². The van der Waals surface area contributed by atoms with E-state index in [0.29, 0.717) is 5.57 Å². The zero-order valence-electron chi connectivity index (χ0n) is 10.6. The topological polar surface area (TPSA) is 69.4 Å². The Bertz CT molecular complexity index is 618. The monoisotopic (exact) mass is 287 g/mol. The highest BCUT2D eigenvalue weighted by Gasteiger charge is 2.15. The fourth-order valence-electron chi connectivity index (χ4n) is 1.59. The molecule has 1 aromatic carbocycles. The van der Waals surface area contributed by atoms with Crippen LogP contribution in [0.25, 0.3) is 11.6 Å². The van der Waals surface area contributed by atoms with E-state index < -0.39 is 18.5 Å². The predicted molar refractivity (Wildman–Crippen MR) is 78.8 cm³/mol. The minimum Gasteiger partial charge on any atom is -0.452 e. The highest BCUT2D eigenvalue weighted by atomic mass is 32.1. The molecule has 0 atom stereocenters. The molecule has 5 heteroatoms. The van der Waals surface area contributed by atoms with Gasteiger partial charge in [-0.15, -0.1) is 11.3 Å². The van der Waals surface area contributed by atoms with E-state index in [1.54, 1.807) is 6.08 Å². The van der Waals surface area contributed by atoms with E-state index in [1.807, 2.05) is 47.8 Å². The van der Waals surface area contributed by atoms with Crippen LogP contribution < -0.4 is 5.73 Å². The van der Waals surface area contributed by atoms with E-state index in [4.69, 9.17) is 10.5 Å². The molecule has 0 aliphatic carbocycles. The fourth-order valence-corrected chi connectivity index (χ4v) is 2.32. The minimum atomic E-state index is -0.677. The smallest absolute Gasteiger partial charge is 0.340 e. The highest BCUT2D eigenvalue weighted by molar-refractivity contribution is 7.11. The normalized spacial score (nSPS) is 11.1. The van der Waals surface area contributed by atoms with Crippen LogP contribution >= 0.6 is 11.3 Å². The van der Waals surface area contributed by atoms with Crippen molar-refractivity contribution < 1.29 is 14.3 Å². The van der Waals surface area contributed by atoms with Crippen LogP contribution in [0, 0.1) is 0 Å². The molecule has 0 bridgehead atoms. The molecule has 0 aliphatic heterocycles. The molecule has 2 aromatic rings. The molecule has 0 saturated heterocycles. The van der Waals surface area contributed by atoms with E-state index in [1.165, 1.54) is 11.3 Å². The van der Waals surface area contributed by atoms with Crippen LogP contribution in [0.1, 0.15) is 10.4 Å². The third kappa shape index (κ3) is 3.80. The second kappa shape index (κ2) is 6.68. The van der Waals surface area contributed by atoms with E-state index in [-0.39, 0.29) is 0 Å². The molecule has 0 unspecified atom stereocenters. The summed E-state index contributed by atoms with van der Waals surface area (Å²) in [5.74, 6) is -1.24. The molecule has 102 valence electrons. The summed E-state index contributed by atoms with van der Waals surface area (Å²) >= 11 is 1.43. The molecule has 0 fully saturated rings. The standard InChI is InChI=1S/C15H13NO3S/c16-14(17)10-19-15(18)12(13-7-4-8-20-13)9-11-5-2-1-3-6-11/h1-9H,10H2,(H2,16,17)/b12-9+. The van der Waals surface area contributed by atoms with Crippen molar-refractivity contribution in [1.29, 1.82) is 0 Å². The molecular weight excluding hydrogens is 274 g/mol. The number of primary amides is 1. The summed E-state index contributed by atoms with van der Waals surface area (Å²) in [7, 11) is 0. The van der Waals surface area contributed by atoms with Crippen molar-refractivity contribution in [3.8, 4) is 0 Å². The number of thiophene rings is 1. The van der Waals surface area contributed by atoms with Crippen LogP contribution in [-0.2, 0) is 14.3 Å². The number of carbonyl (C=O) groups excluding carboxylic acids is 2. The van der Waals surface area contributed by atoms with Crippen LogP contribution in [-0.4, -0.2) is 18.5 Å². The van der Waals surface area contributed by atoms with E-state index in [2.05, 4.69) is 0 Å². The van der Waals surface area contributed by atoms with Crippen LogP contribution in [0.3, 0.4) is 0 Å². The first-order valence-electron chi connectivity index (χ1n) is 5.93. The fraction of sp³-hybridized carbons (Fsp3) is 0.0667. The van der Waals surface area contributed by atoms with Crippen LogP contribution in [0.2, 0.25) is 0 Å². The summed E-state index contributed by atoms with van der Waals surface area (Å²) < 4.78 is 4.89. The van der Waals surface area contributed by atoms with Crippen molar-refractivity contribution in [2.75, 3.05) is 6.61 Å². The molecule has 1 amide bonds. The van der Waals surface area contributed by atoms with Crippen molar-refractivity contribution in [2.24, 2.45) is 5.73 Å². The number of ether oxygens (including phenoxy) is 1. The summed E-state index contributed by atoms with van der Waals surface area (Å²) in [4.78, 5) is 23.5.